The summed E-state index contributed by atoms with van der Waals surface area (Å²) in [4.78, 5) is 10.2. The zero-order valence-electron chi connectivity index (χ0n) is 13.1. The molecule has 0 aromatic carbocycles. The Labute approximate surface area is 157 Å². The van der Waals surface area contributed by atoms with Crippen LogP contribution in [0.25, 0.3) is 0 Å². The molecule has 122 valence electrons. The highest BCUT2D eigenvalue weighted by atomic mass is 127. The molecular formula is C15H23IN4S2. The summed E-state index contributed by atoms with van der Waals surface area (Å²) in [5.74, 6) is 1.31. The lowest BCUT2D eigenvalue weighted by Gasteiger charge is -2.10. The highest BCUT2D eigenvalue weighted by Gasteiger charge is 2.06. The van der Waals surface area contributed by atoms with Crippen molar-refractivity contribution in [3.05, 3.63) is 38.5 Å². The van der Waals surface area contributed by atoms with Crippen LogP contribution in [0.3, 0.4) is 0 Å². The van der Waals surface area contributed by atoms with E-state index in [4.69, 9.17) is 0 Å². The Bertz CT molecular complexity index is 564. The van der Waals surface area contributed by atoms with Crippen LogP contribution in [0.2, 0.25) is 0 Å². The van der Waals surface area contributed by atoms with Gasteiger partial charge in [0.05, 0.1) is 12.2 Å². The van der Waals surface area contributed by atoms with Gasteiger partial charge >= 0.3 is 0 Å². The van der Waals surface area contributed by atoms with Crippen molar-refractivity contribution >= 4 is 52.6 Å². The fourth-order valence-electron chi connectivity index (χ4n) is 1.81. The van der Waals surface area contributed by atoms with Gasteiger partial charge in [-0.05, 0) is 23.8 Å². The molecule has 0 aliphatic rings. The Balaban J connectivity index is 0.00000242. The van der Waals surface area contributed by atoms with E-state index in [0.717, 1.165) is 36.2 Å². The molecule has 0 spiro atoms. The number of hydrogen-bond donors (Lipinski definition) is 2. The van der Waals surface area contributed by atoms with Gasteiger partial charge in [0.25, 0.3) is 0 Å². The van der Waals surface area contributed by atoms with Crippen LogP contribution < -0.4 is 10.6 Å². The van der Waals surface area contributed by atoms with Gasteiger partial charge in [-0.15, -0.1) is 46.7 Å². The summed E-state index contributed by atoms with van der Waals surface area (Å²) in [5, 5.41) is 12.0. The molecule has 2 aromatic heterocycles. The first-order valence-corrected chi connectivity index (χ1v) is 8.86. The molecule has 0 saturated heterocycles. The highest BCUT2D eigenvalue weighted by Crippen LogP contribution is 2.17. The summed E-state index contributed by atoms with van der Waals surface area (Å²) < 4.78 is 0. The van der Waals surface area contributed by atoms with Crippen molar-refractivity contribution in [1.82, 2.24) is 15.6 Å². The Morgan fingerprint density at radius 1 is 1.32 bits per heavy atom. The number of rotatable bonds is 6. The van der Waals surface area contributed by atoms with Crippen LogP contribution in [0.15, 0.2) is 27.9 Å². The SMILES string of the molecule is CN=C(NCCc1cccs1)NCc1nc(C(C)C)cs1.I. The standard InChI is InChI=1S/C15H22N4S2.HI/c1-11(2)13-10-21-14(19-13)9-18-15(16-3)17-7-6-12-5-4-8-20-12;/h4-5,8,10-11H,6-7,9H2,1-3H3,(H2,16,17,18);1H. The van der Waals surface area contributed by atoms with Gasteiger partial charge < -0.3 is 10.6 Å². The Hall–Kier alpha value is -0.670. The van der Waals surface area contributed by atoms with E-state index >= 15 is 0 Å². The Kier molecular flexibility index (Phi) is 8.96. The maximum absolute atomic E-state index is 4.61. The number of thiophene rings is 1. The molecule has 2 heterocycles. The first-order chi connectivity index (χ1) is 10.2. The lowest BCUT2D eigenvalue weighted by Crippen LogP contribution is -2.37. The van der Waals surface area contributed by atoms with E-state index in [1.54, 1.807) is 29.7 Å². The smallest absolute Gasteiger partial charge is 0.191 e. The normalized spacial score (nSPS) is 11.4. The van der Waals surface area contributed by atoms with Crippen LogP contribution in [0.1, 0.15) is 35.3 Å². The van der Waals surface area contributed by atoms with Crippen LogP contribution in [0.4, 0.5) is 0 Å². The minimum absolute atomic E-state index is 0. The number of nitrogens with zero attached hydrogens (tertiary/aromatic N) is 2. The summed E-state index contributed by atoms with van der Waals surface area (Å²) in [5.41, 5.74) is 1.16. The van der Waals surface area contributed by atoms with Crippen molar-refractivity contribution < 1.29 is 0 Å². The molecule has 0 amide bonds. The Morgan fingerprint density at radius 2 is 2.14 bits per heavy atom. The average molecular weight is 450 g/mol. The summed E-state index contributed by atoms with van der Waals surface area (Å²) in [6, 6.07) is 4.24. The average Bonchev–Trinajstić information content (AvgIpc) is 3.13. The first kappa shape index (κ1) is 19.4. The predicted octanol–water partition coefficient (Wildman–Crippen LogP) is 3.85. The second-order valence-electron chi connectivity index (χ2n) is 5.00. The van der Waals surface area contributed by atoms with Crippen molar-refractivity contribution in [3.8, 4) is 0 Å². The number of aromatic nitrogens is 1. The van der Waals surface area contributed by atoms with Crippen molar-refractivity contribution in [3.63, 3.8) is 0 Å². The largest absolute Gasteiger partial charge is 0.356 e. The number of guanidine groups is 1. The van der Waals surface area contributed by atoms with E-state index in [0.29, 0.717) is 5.92 Å². The summed E-state index contributed by atoms with van der Waals surface area (Å²) in [7, 11) is 1.79. The molecule has 2 aromatic rings. The maximum atomic E-state index is 4.61. The number of halogens is 1. The van der Waals surface area contributed by atoms with Gasteiger partial charge in [0.2, 0.25) is 0 Å². The van der Waals surface area contributed by atoms with Gasteiger partial charge in [-0.3, -0.25) is 4.99 Å². The van der Waals surface area contributed by atoms with Crippen molar-refractivity contribution in [1.29, 1.82) is 0 Å². The topological polar surface area (TPSA) is 49.3 Å². The zero-order valence-corrected chi connectivity index (χ0v) is 17.1. The molecular weight excluding hydrogens is 427 g/mol. The third-order valence-electron chi connectivity index (χ3n) is 3.04. The minimum Gasteiger partial charge on any atom is -0.356 e. The van der Waals surface area contributed by atoms with Gasteiger partial charge in [-0.25, -0.2) is 4.98 Å². The molecule has 0 aliphatic heterocycles. The fourth-order valence-corrected chi connectivity index (χ4v) is 3.41. The third-order valence-corrected chi connectivity index (χ3v) is 4.84. The van der Waals surface area contributed by atoms with Crippen molar-refractivity contribution in [2.45, 2.75) is 32.7 Å². The predicted molar refractivity (Wildman–Crippen MR) is 108 cm³/mol. The van der Waals surface area contributed by atoms with Crippen molar-refractivity contribution in [2.24, 2.45) is 4.99 Å². The lowest BCUT2D eigenvalue weighted by atomic mass is 10.2. The fraction of sp³-hybridized carbons (Fsp3) is 0.467. The maximum Gasteiger partial charge on any atom is 0.191 e. The van der Waals surface area contributed by atoms with E-state index in [2.05, 4.69) is 57.4 Å². The summed E-state index contributed by atoms with van der Waals surface area (Å²) in [6.07, 6.45) is 1.02. The number of aliphatic imine (C=N–C) groups is 1. The quantitative estimate of drug-likeness (QED) is 0.399. The molecule has 7 heteroatoms. The lowest BCUT2D eigenvalue weighted by molar-refractivity contribution is 0.781. The molecule has 0 bridgehead atoms. The molecule has 0 atom stereocenters. The molecule has 0 saturated carbocycles. The summed E-state index contributed by atoms with van der Waals surface area (Å²) >= 11 is 3.49. The van der Waals surface area contributed by atoms with E-state index in [-0.39, 0.29) is 24.0 Å². The molecule has 0 aliphatic carbocycles. The van der Waals surface area contributed by atoms with E-state index in [1.165, 1.54) is 4.88 Å². The van der Waals surface area contributed by atoms with Crippen LogP contribution in [0, 0.1) is 0 Å². The van der Waals surface area contributed by atoms with Gasteiger partial charge in [0.15, 0.2) is 5.96 Å². The van der Waals surface area contributed by atoms with Gasteiger partial charge in [0.1, 0.15) is 5.01 Å². The van der Waals surface area contributed by atoms with Gasteiger partial charge in [-0.2, -0.15) is 0 Å². The van der Waals surface area contributed by atoms with Gasteiger partial charge in [0, 0.05) is 23.8 Å². The third kappa shape index (κ3) is 6.21. The second kappa shape index (κ2) is 10.2. The molecule has 0 radical (unpaired) electrons. The van der Waals surface area contributed by atoms with E-state index in [1.807, 2.05) is 0 Å². The zero-order chi connectivity index (χ0) is 15.1. The van der Waals surface area contributed by atoms with E-state index in [9.17, 15) is 0 Å². The Morgan fingerprint density at radius 3 is 2.73 bits per heavy atom. The minimum atomic E-state index is 0. The van der Waals surface area contributed by atoms with E-state index < -0.39 is 0 Å². The van der Waals surface area contributed by atoms with Crippen LogP contribution >= 0.6 is 46.7 Å². The van der Waals surface area contributed by atoms with Crippen LogP contribution in [-0.4, -0.2) is 24.5 Å². The molecule has 0 unspecified atom stereocenters. The number of nitrogens with one attached hydrogen (secondary N) is 2. The summed E-state index contributed by atoms with van der Waals surface area (Å²) in [6.45, 7) is 5.93. The molecule has 4 nitrogen and oxygen atoms in total. The van der Waals surface area contributed by atoms with Crippen molar-refractivity contribution in [2.75, 3.05) is 13.6 Å². The van der Waals surface area contributed by atoms with Crippen LogP contribution in [-0.2, 0) is 13.0 Å². The molecule has 2 rings (SSSR count). The monoisotopic (exact) mass is 450 g/mol. The first-order valence-electron chi connectivity index (χ1n) is 7.10. The molecule has 22 heavy (non-hydrogen) atoms. The molecule has 2 N–H and O–H groups in total. The van der Waals surface area contributed by atoms with Gasteiger partial charge in [-0.1, -0.05) is 19.9 Å². The number of thiazole rings is 1. The molecule has 0 fully saturated rings. The number of hydrogen-bond acceptors (Lipinski definition) is 4. The highest BCUT2D eigenvalue weighted by molar-refractivity contribution is 14.0. The second-order valence-corrected chi connectivity index (χ2v) is 6.98. The van der Waals surface area contributed by atoms with Crippen LogP contribution in [0.5, 0.6) is 0 Å².